The lowest BCUT2D eigenvalue weighted by Crippen LogP contribution is -2.25. The quantitative estimate of drug-likeness (QED) is 0.812. The Morgan fingerprint density at radius 2 is 1.67 bits per heavy atom. The third-order valence-electron chi connectivity index (χ3n) is 3.45. The third-order valence-corrected chi connectivity index (χ3v) is 4.39. The van der Waals surface area contributed by atoms with Gasteiger partial charge in [-0.2, -0.15) is 0 Å². The van der Waals surface area contributed by atoms with Crippen molar-refractivity contribution in [2.75, 3.05) is 16.8 Å². The van der Waals surface area contributed by atoms with Crippen molar-refractivity contribution in [2.45, 2.75) is 20.4 Å². The van der Waals surface area contributed by atoms with Crippen molar-refractivity contribution in [1.29, 1.82) is 0 Å². The molecule has 2 aromatic rings. The molecule has 0 atom stereocenters. The number of carbonyl (C=O) groups is 2. The molecule has 126 valence electrons. The largest absolute Gasteiger partial charge is 0.351 e. The smallest absolute Gasteiger partial charge is 0.234 e. The average Bonchev–Trinajstić information content (AvgIpc) is 2.56. The zero-order valence-corrected chi connectivity index (χ0v) is 14.8. The van der Waals surface area contributed by atoms with Gasteiger partial charge in [0.15, 0.2) is 0 Å². The van der Waals surface area contributed by atoms with E-state index >= 15 is 0 Å². The number of rotatable bonds is 7. The summed E-state index contributed by atoms with van der Waals surface area (Å²) < 4.78 is 0. The fourth-order valence-corrected chi connectivity index (χ4v) is 2.87. The molecule has 5 heteroatoms. The summed E-state index contributed by atoms with van der Waals surface area (Å²) in [5, 5.41) is 5.72. The minimum absolute atomic E-state index is 0.0665. The molecule has 0 aliphatic carbocycles. The number of anilines is 1. The molecule has 2 aromatic carbocycles. The maximum Gasteiger partial charge on any atom is 0.234 e. The van der Waals surface area contributed by atoms with Crippen LogP contribution in [0.2, 0.25) is 0 Å². The van der Waals surface area contributed by atoms with Crippen molar-refractivity contribution < 1.29 is 9.59 Å². The maximum atomic E-state index is 11.9. The van der Waals surface area contributed by atoms with Gasteiger partial charge in [0.2, 0.25) is 11.8 Å². The Balaban J connectivity index is 1.67. The van der Waals surface area contributed by atoms with Crippen LogP contribution in [0.25, 0.3) is 0 Å². The molecule has 0 saturated carbocycles. The maximum absolute atomic E-state index is 11.9. The van der Waals surface area contributed by atoms with Crippen molar-refractivity contribution in [2.24, 2.45) is 0 Å². The monoisotopic (exact) mass is 342 g/mol. The number of hydrogen-bond donors (Lipinski definition) is 2. The third kappa shape index (κ3) is 6.08. The van der Waals surface area contributed by atoms with Gasteiger partial charge in [0, 0.05) is 12.2 Å². The Labute approximate surface area is 147 Å². The molecule has 0 aromatic heterocycles. The summed E-state index contributed by atoms with van der Waals surface area (Å²) in [7, 11) is 0. The fraction of sp³-hybridized carbons (Fsp3) is 0.263. The molecular weight excluding hydrogens is 320 g/mol. The normalized spacial score (nSPS) is 10.2. The second kappa shape index (κ2) is 9.13. The van der Waals surface area contributed by atoms with E-state index in [1.165, 1.54) is 11.8 Å². The van der Waals surface area contributed by atoms with E-state index in [9.17, 15) is 9.59 Å². The highest BCUT2D eigenvalue weighted by molar-refractivity contribution is 8.00. The minimum Gasteiger partial charge on any atom is -0.351 e. The summed E-state index contributed by atoms with van der Waals surface area (Å²) >= 11 is 1.31. The molecular formula is C19H22N2O2S. The van der Waals surface area contributed by atoms with E-state index in [4.69, 9.17) is 0 Å². The molecule has 0 aliphatic rings. The predicted octanol–water partition coefficient (Wildman–Crippen LogP) is 3.29. The van der Waals surface area contributed by atoms with Crippen molar-refractivity contribution >= 4 is 29.3 Å². The first-order chi connectivity index (χ1) is 11.5. The van der Waals surface area contributed by atoms with Crippen molar-refractivity contribution in [3.8, 4) is 0 Å². The number of aryl methyl sites for hydroxylation is 2. The van der Waals surface area contributed by atoms with Gasteiger partial charge in [-0.3, -0.25) is 9.59 Å². The van der Waals surface area contributed by atoms with Crippen LogP contribution in [0.3, 0.4) is 0 Å². The van der Waals surface area contributed by atoms with Crippen LogP contribution in [-0.4, -0.2) is 23.3 Å². The topological polar surface area (TPSA) is 58.2 Å². The standard InChI is InChI=1S/C19H22N2O2S/c1-14-8-9-17(15(2)10-14)21-19(23)13-24-12-18(22)20-11-16-6-4-3-5-7-16/h3-10H,11-13H2,1-2H3,(H,20,22)(H,21,23). The Bertz CT molecular complexity index is 702. The highest BCUT2D eigenvalue weighted by Gasteiger charge is 2.07. The Morgan fingerprint density at radius 1 is 0.958 bits per heavy atom. The van der Waals surface area contributed by atoms with Crippen LogP contribution < -0.4 is 10.6 Å². The fourth-order valence-electron chi connectivity index (χ4n) is 2.22. The van der Waals surface area contributed by atoms with Gasteiger partial charge in [-0.15, -0.1) is 11.8 Å². The molecule has 0 unspecified atom stereocenters. The Morgan fingerprint density at radius 3 is 2.38 bits per heavy atom. The molecule has 0 heterocycles. The van der Waals surface area contributed by atoms with Gasteiger partial charge < -0.3 is 10.6 Å². The van der Waals surface area contributed by atoms with Gasteiger partial charge in [-0.1, -0.05) is 48.0 Å². The van der Waals surface area contributed by atoms with Crippen LogP contribution in [0.4, 0.5) is 5.69 Å². The summed E-state index contributed by atoms with van der Waals surface area (Å²) in [6, 6.07) is 15.6. The first-order valence-corrected chi connectivity index (χ1v) is 8.95. The number of carbonyl (C=O) groups excluding carboxylic acids is 2. The molecule has 0 radical (unpaired) electrons. The SMILES string of the molecule is Cc1ccc(NC(=O)CSCC(=O)NCc2ccccc2)c(C)c1. The lowest BCUT2D eigenvalue weighted by Gasteiger charge is -2.09. The van der Waals surface area contributed by atoms with E-state index in [2.05, 4.69) is 10.6 Å². The molecule has 0 aliphatic heterocycles. The highest BCUT2D eigenvalue weighted by Crippen LogP contribution is 2.16. The zero-order valence-electron chi connectivity index (χ0n) is 14.0. The average molecular weight is 342 g/mol. The molecule has 0 bridgehead atoms. The van der Waals surface area contributed by atoms with Crippen LogP contribution in [0.1, 0.15) is 16.7 Å². The van der Waals surface area contributed by atoms with Gasteiger partial charge in [-0.05, 0) is 31.0 Å². The van der Waals surface area contributed by atoms with E-state index < -0.39 is 0 Å². The van der Waals surface area contributed by atoms with E-state index in [1.807, 2.05) is 62.4 Å². The summed E-state index contributed by atoms with van der Waals surface area (Å²) in [5.41, 5.74) is 4.08. The van der Waals surface area contributed by atoms with Crippen molar-refractivity contribution in [1.82, 2.24) is 5.32 Å². The van der Waals surface area contributed by atoms with Gasteiger partial charge >= 0.3 is 0 Å². The first kappa shape index (κ1) is 18.1. The molecule has 0 fully saturated rings. The molecule has 0 saturated heterocycles. The van der Waals surface area contributed by atoms with E-state index in [0.29, 0.717) is 6.54 Å². The second-order valence-electron chi connectivity index (χ2n) is 5.62. The predicted molar refractivity (Wildman–Crippen MR) is 100 cm³/mol. The summed E-state index contributed by atoms with van der Waals surface area (Å²) in [6.07, 6.45) is 0. The first-order valence-electron chi connectivity index (χ1n) is 7.80. The Kier molecular flexibility index (Phi) is 6.88. The van der Waals surface area contributed by atoms with Crippen LogP contribution in [-0.2, 0) is 16.1 Å². The second-order valence-corrected chi connectivity index (χ2v) is 6.61. The van der Waals surface area contributed by atoms with Gasteiger partial charge in [-0.25, -0.2) is 0 Å². The van der Waals surface area contributed by atoms with Crippen LogP contribution in [0, 0.1) is 13.8 Å². The summed E-state index contributed by atoms with van der Waals surface area (Å²) in [5.74, 6) is 0.366. The lowest BCUT2D eigenvalue weighted by molar-refractivity contribution is -0.118. The van der Waals surface area contributed by atoms with E-state index in [0.717, 1.165) is 22.4 Å². The number of nitrogens with one attached hydrogen (secondary N) is 2. The molecule has 2 N–H and O–H groups in total. The molecule has 2 amide bonds. The van der Waals surface area contributed by atoms with Crippen molar-refractivity contribution in [3.63, 3.8) is 0 Å². The number of thioether (sulfide) groups is 1. The van der Waals surface area contributed by atoms with E-state index in [-0.39, 0.29) is 23.3 Å². The van der Waals surface area contributed by atoms with Crippen LogP contribution in [0.5, 0.6) is 0 Å². The number of benzene rings is 2. The Hall–Kier alpha value is -2.27. The molecule has 0 spiro atoms. The van der Waals surface area contributed by atoms with Gasteiger partial charge in [0.1, 0.15) is 0 Å². The van der Waals surface area contributed by atoms with Crippen molar-refractivity contribution in [3.05, 3.63) is 65.2 Å². The van der Waals surface area contributed by atoms with Crippen LogP contribution in [0.15, 0.2) is 48.5 Å². The molecule has 4 nitrogen and oxygen atoms in total. The van der Waals surface area contributed by atoms with Crippen LogP contribution >= 0.6 is 11.8 Å². The van der Waals surface area contributed by atoms with Gasteiger partial charge in [0.05, 0.1) is 11.5 Å². The molecule has 24 heavy (non-hydrogen) atoms. The highest BCUT2D eigenvalue weighted by atomic mass is 32.2. The lowest BCUT2D eigenvalue weighted by atomic mass is 10.1. The number of hydrogen-bond acceptors (Lipinski definition) is 3. The zero-order chi connectivity index (χ0) is 17.4. The summed E-state index contributed by atoms with van der Waals surface area (Å²) in [4.78, 5) is 23.7. The minimum atomic E-state index is -0.0946. The summed E-state index contributed by atoms with van der Waals surface area (Å²) in [6.45, 7) is 4.49. The van der Waals surface area contributed by atoms with Gasteiger partial charge in [0.25, 0.3) is 0 Å². The molecule has 2 rings (SSSR count). The van der Waals surface area contributed by atoms with E-state index in [1.54, 1.807) is 0 Å². The number of amides is 2.